The minimum Gasteiger partial charge on any atom is -0.493 e. The van der Waals surface area contributed by atoms with Crippen LogP contribution in [0.4, 0.5) is 0 Å². The van der Waals surface area contributed by atoms with E-state index in [1.165, 1.54) is 26.4 Å². The van der Waals surface area contributed by atoms with E-state index < -0.39 is 17.2 Å². The summed E-state index contributed by atoms with van der Waals surface area (Å²) in [4.78, 5) is 36.0. The molecule has 0 bridgehead atoms. The number of carbonyl (C=O) groups excluding carboxylic acids is 1. The molecule has 18 heavy (non-hydrogen) atoms. The highest BCUT2D eigenvalue weighted by molar-refractivity contribution is 5.95. The van der Waals surface area contributed by atoms with Gasteiger partial charge in [0.1, 0.15) is 0 Å². The molecule has 0 amide bonds. The lowest BCUT2D eigenvalue weighted by Gasteiger charge is -2.06. The summed E-state index contributed by atoms with van der Waals surface area (Å²) in [6.07, 6.45) is 0. The van der Waals surface area contributed by atoms with Crippen molar-refractivity contribution in [3.8, 4) is 5.75 Å². The number of carbonyl (C=O) groups is 1. The van der Waals surface area contributed by atoms with E-state index in [2.05, 4.69) is 9.72 Å². The van der Waals surface area contributed by atoms with Gasteiger partial charge in [0.05, 0.1) is 25.3 Å². The van der Waals surface area contributed by atoms with E-state index >= 15 is 0 Å². The fourth-order valence-corrected chi connectivity index (χ4v) is 1.50. The SMILES string of the molecule is COC(=O)c1cc(OC)c2oc(=O)c(=O)[nH]c2c1. The van der Waals surface area contributed by atoms with E-state index in [1.54, 1.807) is 0 Å². The Morgan fingerprint density at radius 3 is 2.61 bits per heavy atom. The normalized spacial score (nSPS) is 10.3. The van der Waals surface area contributed by atoms with Crippen LogP contribution in [0.1, 0.15) is 10.4 Å². The molecule has 0 atom stereocenters. The number of aromatic nitrogens is 1. The van der Waals surface area contributed by atoms with Gasteiger partial charge in [0.25, 0.3) is 0 Å². The van der Waals surface area contributed by atoms with Crippen LogP contribution in [0, 0.1) is 0 Å². The minimum atomic E-state index is -1.04. The quantitative estimate of drug-likeness (QED) is 0.607. The lowest BCUT2D eigenvalue weighted by atomic mass is 10.2. The Labute approximate surface area is 99.9 Å². The standard InChI is InChI=1S/C11H9NO6/c1-16-7-4-5(10(14)17-2)3-6-8(7)18-11(15)9(13)12-6/h3-4H,1-2H3,(H,12,13). The lowest BCUT2D eigenvalue weighted by molar-refractivity contribution is 0.0600. The van der Waals surface area contributed by atoms with Gasteiger partial charge in [-0.1, -0.05) is 0 Å². The van der Waals surface area contributed by atoms with Crippen LogP contribution < -0.4 is 15.9 Å². The average Bonchev–Trinajstić information content (AvgIpc) is 2.38. The summed E-state index contributed by atoms with van der Waals surface area (Å²) in [5.74, 6) is -0.441. The molecule has 2 rings (SSSR count). The number of benzene rings is 1. The van der Waals surface area contributed by atoms with Gasteiger partial charge in [0, 0.05) is 0 Å². The Kier molecular flexibility index (Phi) is 2.88. The van der Waals surface area contributed by atoms with E-state index in [1.807, 2.05) is 0 Å². The molecular weight excluding hydrogens is 242 g/mol. The van der Waals surface area contributed by atoms with Crippen molar-refractivity contribution < 1.29 is 18.7 Å². The van der Waals surface area contributed by atoms with Crippen molar-refractivity contribution in [3.63, 3.8) is 0 Å². The molecule has 1 N–H and O–H groups in total. The zero-order chi connectivity index (χ0) is 13.3. The first-order valence-corrected chi connectivity index (χ1v) is 4.90. The van der Waals surface area contributed by atoms with E-state index in [0.717, 1.165) is 0 Å². The van der Waals surface area contributed by atoms with Gasteiger partial charge in [-0.25, -0.2) is 9.59 Å². The summed E-state index contributed by atoms with van der Waals surface area (Å²) in [6.45, 7) is 0. The molecule has 0 aliphatic heterocycles. The summed E-state index contributed by atoms with van der Waals surface area (Å²) in [5.41, 5.74) is -1.53. The molecule has 1 heterocycles. The molecule has 0 saturated heterocycles. The van der Waals surface area contributed by atoms with Crippen molar-refractivity contribution >= 4 is 17.1 Å². The van der Waals surface area contributed by atoms with Crippen molar-refractivity contribution in [2.75, 3.05) is 14.2 Å². The van der Waals surface area contributed by atoms with E-state index in [9.17, 15) is 14.4 Å². The van der Waals surface area contributed by atoms with Gasteiger partial charge in [0.15, 0.2) is 11.3 Å². The zero-order valence-corrected chi connectivity index (χ0v) is 9.60. The topological polar surface area (TPSA) is 98.6 Å². The van der Waals surface area contributed by atoms with Crippen LogP contribution in [0.2, 0.25) is 0 Å². The van der Waals surface area contributed by atoms with Crippen LogP contribution in [0.5, 0.6) is 5.75 Å². The molecule has 1 aromatic carbocycles. The summed E-state index contributed by atoms with van der Waals surface area (Å²) >= 11 is 0. The van der Waals surface area contributed by atoms with Crippen LogP contribution in [-0.4, -0.2) is 25.2 Å². The van der Waals surface area contributed by atoms with Crippen molar-refractivity contribution in [3.05, 3.63) is 38.5 Å². The maximum atomic E-state index is 11.4. The fraction of sp³-hybridized carbons (Fsp3) is 0.182. The van der Waals surface area contributed by atoms with Gasteiger partial charge in [-0.3, -0.25) is 4.79 Å². The monoisotopic (exact) mass is 251 g/mol. The highest BCUT2D eigenvalue weighted by Crippen LogP contribution is 2.24. The molecule has 1 aromatic heterocycles. The second-order valence-corrected chi connectivity index (χ2v) is 3.39. The smallest absolute Gasteiger partial charge is 0.402 e. The average molecular weight is 251 g/mol. The van der Waals surface area contributed by atoms with Crippen molar-refractivity contribution in [1.29, 1.82) is 0 Å². The molecule has 7 nitrogen and oxygen atoms in total. The van der Waals surface area contributed by atoms with Crippen LogP contribution in [-0.2, 0) is 4.74 Å². The molecule has 0 spiro atoms. The molecule has 2 aromatic rings. The third-order valence-corrected chi connectivity index (χ3v) is 2.32. The Hall–Kier alpha value is -2.57. The molecule has 0 aliphatic carbocycles. The highest BCUT2D eigenvalue weighted by atomic mass is 16.5. The Morgan fingerprint density at radius 1 is 1.28 bits per heavy atom. The summed E-state index contributed by atoms with van der Waals surface area (Å²) < 4.78 is 14.4. The molecule has 0 aliphatic rings. The van der Waals surface area contributed by atoms with E-state index in [4.69, 9.17) is 9.15 Å². The molecule has 0 saturated carbocycles. The van der Waals surface area contributed by atoms with Gasteiger partial charge in [-0.05, 0) is 12.1 Å². The number of esters is 1. The van der Waals surface area contributed by atoms with Crippen LogP contribution in [0.3, 0.4) is 0 Å². The Balaban J connectivity index is 2.83. The number of hydrogen-bond donors (Lipinski definition) is 1. The first-order chi connectivity index (χ1) is 8.56. The van der Waals surface area contributed by atoms with Crippen molar-refractivity contribution in [2.45, 2.75) is 0 Å². The predicted molar refractivity (Wildman–Crippen MR) is 61.0 cm³/mol. The second-order valence-electron chi connectivity index (χ2n) is 3.39. The number of hydrogen-bond acceptors (Lipinski definition) is 6. The van der Waals surface area contributed by atoms with E-state index in [0.29, 0.717) is 0 Å². The second kappa shape index (κ2) is 4.36. The number of nitrogens with one attached hydrogen (secondary N) is 1. The van der Waals surface area contributed by atoms with Gasteiger partial charge in [-0.15, -0.1) is 0 Å². The first-order valence-electron chi connectivity index (χ1n) is 4.90. The molecule has 0 fully saturated rings. The minimum absolute atomic E-state index is 0.0646. The van der Waals surface area contributed by atoms with Crippen LogP contribution >= 0.6 is 0 Å². The zero-order valence-electron chi connectivity index (χ0n) is 9.60. The number of fused-ring (bicyclic) bond motifs is 1. The van der Waals surface area contributed by atoms with Crippen molar-refractivity contribution in [1.82, 2.24) is 4.98 Å². The fourth-order valence-electron chi connectivity index (χ4n) is 1.50. The Morgan fingerprint density at radius 2 is 2.00 bits per heavy atom. The number of rotatable bonds is 2. The van der Waals surface area contributed by atoms with Gasteiger partial charge >= 0.3 is 17.2 Å². The lowest BCUT2D eigenvalue weighted by Crippen LogP contribution is -2.25. The molecule has 0 radical (unpaired) electrons. The largest absolute Gasteiger partial charge is 0.493 e. The third-order valence-electron chi connectivity index (χ3n) is 2.32. The maximum Gasteiger partial charge on any atom is 0.402 e. The van der Waals surface area contributed by atoms with Gasteiger partial charge in [-0.2, -0.15) is 0 Å². The van der Waals surface area contributed by atoms with Crippen LogP contribution in [0.15, 0.2) is 26.1 Å². The highest BCUT2D eigenvalue weighted by Gasteiger charge is 2.14. The Bertz CT molecular complexity index is 726. The molecular formula is C11H9NO6. The predicted octanol–water partition coefficient (Wildman–Crippen LogP) is 0.276. The molecule has 0 unspecified atom stereocenters. The van der Waals surface area contributed by atoms with Gasteiger partial charge < -0.3 is 18.9 Å². The number of H-pyrrole nitrogens is 1. The molecule has 94 valence electrons. The van der Waals surface area contributed by atoms with Crippen molar-refractivity contribution in [2.24, 2.45) is 0 Å². The number of methoxy groups -OCH3 is 2. The maximum absolute atomic E-state index is 11.4. The summed E-state index contributed by atoms with van der Waals surface area (Å²) in [6, 6.07) is 2.70. The first kappa shape index (κ1) is 11.9. The third kappa shape index (κ3) is 1.86. The number of ether oxygens (including phenoxy) is 2. The van der Waals surface area contributed by atoms with E-state index in [-0.39, 0.29) is 22.4 Å². The molecule has 7 heteroatoms. The summed E-state index contributed by atoms with van der Waals surface area (Å²) in [7, 11) is 2.58. The van der Waals surface area contributed by atoms with Gasteiger partial charge in [0.2, 0.25) is 0 Å². The number of aromatic amines is 1. The van der Waals surface area contributed by atoms with Crippen LogP contribution in [0.25, 0.3) is 11.1 Å². The summed E-state index contributed by atoms with van der Waals surface area (Å²) in [5, 5.41) is 0.